The average molecular weight is 210 g/mol. The van der Waals surface area contributed by atoms with Crippen LogP contribution in [0.3, 0.4) is 0 Å². The summed E-state index contributed by atoms with van der Waals surface area (Å²) in [6.07, 6.45) is -0.901. The van der Waals surface area contributed by atoms with Gasteiger partial charge in [-0.25, -0.2) is 4.39 Å². The fraction of sp³-hybridized carbons (Fsp3) is 0.300. The molecule has 1 unspecified atom stereocenters. The minimum Gasteiger partial charge on any atom is -0.394 e. The molecule has 1 rings (SSSR count). The Morgan fingerprint density at radius 2 is 2.27 bits per heavy atom. The highest BCUT2D eigenvalue weighted by Gasteiger charge is 2.05. The predicted octanol–water partition coefficient (Wildman–Crippen LogP) is 0.462. The van der Waals surface area contributed by atoms with Crippen LogP contribution in [-0.2, 0) is 0 Å². The van der Waals surface area contributed by atoms with Crippen LogP contribution in [0.4, 0.5) is 10.1 Å². The van der Waals surface area contributed by atoms with Crippen molar-refractivity contribution in [3.63, 3.8) is 0 Å². The number of halogens is 1. The molecule has 4 nitrogen and oxygen atoms in total. The molecule has 1 aromatic rings. The number of hydrogen-bond acceptors (Lipinski definition) is 4. The Morgan fingerprint density at radius 1 is 1.53 bits per heavy atom. The number of nitriles is 1. The number of nitrogens with one attached hydrogen (secondary N) is 1. The zero-order valence-corrected chi connectivity index (χ0v) is 7.94. The van der Waals surface area contributed by atoms with Crippen molar-refractivity contribution in [3.8, 4) is 6.07 Å². The van der Waals surface area contributed by atoms with Gasteiger partial charge in [0, 0.05) is 6.54 Å². The number of rotatable bonds is 4. The monoisotopic (exact) mass is 210 g/mol. The van der Waals surface area contributed by atoms with Crippen molar-refractivity contribution in [2.45, 2.75) is 6.10 Å². The summed E-state index contributed by atoms with van der Waals surface area (Å²) in [7, 11) is 0. The van der Waals surface area contributed by atoms with Crippen LogP contribution in [-0.4, -0.2) is 29.5 Å². The van der Waals surface area contributed by atoms with Crippen LogP contribution in [0.5, 0.6) is 0 Å². The van der Waals surface area contributed by atoms with Crippen molar-refractivity contribution in [2.24, 2.45) is 0 Å². The van der Waals surface area contributed by atoms with E-state index in [4.69, 9.17) is 15.5 Å². The summed E-state index contributed by atoms with van der Waals surface area (Å²) in [6.45, 7) is -0.257. The van der Waals surface area contributed by atoms with Gasteiger partial charge in [-0.15, -0.1) is 0 Å². The molecule has 0 aromatic heterocycles. The molecule has 0 bridgehead atoms. The quantitative estimate of drug-likeness (QED) is 0.675. The average Bonchev–Trinajstić information content (AvgIpc) is 2.26. The van der Waals surface area contributed by atoms with Crippen molar-refractivity contribution in [1.29, 1.82) is 5.26 Å². The van der Waals surface area contributed by atoms with Crippen molar-refractivity contribution in [2.75, 3.05) is 18.5 Å². The molecule has 1 atom stereocenters. The van der Waals surface area contributed by atoms with Gasteiger partial charge < -0.3 is 15.5 Å². The number of benzene rings is 1. The van der Waals surface area contributed by atoms with E-state index in [1.54, 1.807) is 0 Å². The van der Waals surface area contributed by atoms with Crippen LogP contribution in [0.25, 0.3) is 0 Å². The molecule has 0 aliphatic heterocycles. The van der Waals surface area contributed by atoms with Crippen molar-refractivity contribution in [3.05, 3.63) is 29.6 Å². The summed E-state index contributed by atoms with van der Waals surface area (Å²) in [5.41, 5.74) is 0.603. The van der Waals surface area contributed by atoms with Crippen LogP contribution in [0.15, 0.2) is 18.2 Å². The molecule has 0 aliphatic carbocycles. The van der Waals surface area contributed by atoms with Gasteiger partial charge in [-0.3, -0.25) is 0 Å². The first-order valence-electron chi connectivity index (χ1n) is 4.40. The highest BCUT2D eigenvalue weighted by molar-refractivity contribution is 5.57. The van der Waals surface area contributed by atoms with E-state index in [2.05, 4.69) is 5.32 Å². The summed E-state index contributed by atoms with van der Waals surface area (Å²) in [5.74, 6) is -0.486. The minimum atomic E-state index is -0.901. The Kier molecular flexibility index (Phi) is 4.03. The zero-order valence-electron chi connectivity index (χ0n) is 7.94. The first-order chi connectivity index (χ1) is 7.17. The van der Waals surface area contributed by atoms with Crippen molar-refractivity contribution < 1.29 is 14.6 Å². The molecule has 0 amide bonds. The fourth-order valence-corrected chi connectivity index (χ4v) is 1.06. The van der Waals surface area contributed by atoms with E-state index in [1.807, 2.05) is 6.07 Å². The predicted molar refractivity (Wildman–Crippen MR) is 52.7 cm³/mol. The first-order valence-corrected chi connectivity index (χ1v) is 4.40. The van der Waals surface area contributed by atoms with Gasteiger partial charge in [0.25, 0.3) is 0 Å². The topological polar surface area (TPSA) is 76.3 Å². The highest BCUT2D eigenvalue weighted by atomic mass is 19.1. The maximum atomic E-state index is 12.7. The van der Waals surface area contributed by atoms with Gasteiger partial charge in [0.1, 0.15) is 11.9 Å². The van der Waals surface area contributed by atoms with Gasteiger partial charge in [-0.1, -0.05) is 0 Å². The van der Waals surface area contributed by atoms with E-state index in [0.717, 1.165) is 6.07 Å². The lowest BCUT2D eigenvalue weighted by molar-refractivity contribution is 0.105. The lowest BCUT2D eigenvalue weighted by Gasteiger charge is -2.11. The SMILES string of the molecule is N#Cc1cc(F)ccc1NCC(O)CO. The summed E-state index contributed by atoms with van der Waals surface area (Å²) in [4.78, 5) is 0. The molecule has 3 N–H and O–H groups in total. The second-order valence-corrected chi connectivity index (χ2v) is 3.02. The Morgan fingerprint density at radius 3 is 2.87 bits per heavy atom. The Labute approximate surface area is 86.6 Å². The summed E-state index contributed by atoms with van der Waals surface area (Å²) >= 11 is 0. The van der Waals surface area contributed by atoms with Crippen LogP contribution in [0.2, 0.25) is 0 Å². The number of hydrogen-bond donors (Lipinski definition) is 3. The van der Waals surface area contributed by atoms with Gasteiger partial charge in [0.2, 0.25) is 0 Å². The van der Waals surface area contributed by atoms with Crippen molar-refractivity contribution in [1.82, 2.24) is 0 Å². The Hall–Kier alpha value is -1.64. The van der Waals surface area contributed by atoms with Crippen LogP contribution >= 0.6 is 0 Å². The minimum absolute atomic E-state index is 0.108. The number of aliphatic hydroxyl groups excluding tert-OH is 2. The first kappa shape index (κ1) is 11.4. The zero-order chi connectivity index (χ0) is 11.3. The molecule has 15 heavy (non-hydrogen) atoms. The summed E-state index contributed by atoms with van der Waals surface area (Å²) in [6, 6.07) is 5.57. The lowest BCUT2D eigenvalue weighted by Crippen LogP contribution is -2.23. The number of nitrogens with zero attached hydrogens (tertiary/aromatic N) is 1. The smallest absolute Gasteiger partial charge is 0.124 e. The van der Waals surface area contributed by atoms with E-state index in [0.29, 0.717) is 5.69 Å². The normalized spacial score (nSPS) is 11.9. The van der Waals surface area contributed by atoms with Crippen LogP contribution in [0.1, 0.15) is 5.56 Å². The molecule has 0 radical (unpaired) electrons. The van der Waals surface area contributed by atoms with E-state index >= 15 is 0 Å². The maximum absolute atomic E-state index is 12.7. The molecule has 0 aliphatic rings. The van der Waals surface area contributed by atoms with Gasteiger partial charge in [0.15, 0.2) is 0 Å². The molecular formula is C10H11FN2O2. The highest BCUT2D eigenvalue weighted by Crippen LogP contribution is 2.15. The molecule has 0 saturated carbocycles. The summed E-state index contributed by atoms with van der Waals surface area (Å²) < 4.78 is 12.7. The Bertz CT molecular complexity index is 376. The van der Waals surface area contributed by atoms with Gasteiger partial charge in [-0.2, -0.15) is 5.26 Å². The second-order valence-electron chi connectivity index (χ2n) is 3.02. The number of anilines is 1. The third-order valence-electron chi connectivity index (χ3n) is 1.84. The van der Waals surface area contributed by atoms with Crippen LogP contribution < -0.4 is 5.32 Å². The van der Waals surface area contributed by atoms with Gasteiger partial charge in [-0.05, 0) is 18.2 Å². The molecule has 1 aromatic carbocycles. The second kappa shape index (κ2) is 5.29. The molecular weight excluding hydrogens is 199 g/mol. The molecule has 0 fully saturated rings. The molecule has 0 spiro atoms. The summed E-state index contributed by atoms with van der Waals surface area (Å²) in [5, 5.41) is 29.1. The van der Waals surface area contributed by atoms with Gasteiger partial charge >= 0.3 is 0 Å². The van der Waals surface area contributed by atoms with E-state index < -0.39 is 11.9 Å². The maximum Gasteiger partial charge on any atom is 0.124 e. The lowest BCUT2D eigenvalue weighted by atomic mass is 10.2. The standard InChI is InChI=1S/C10H11FN2O2/c11-8-1-2-10(7(3-8)4-12)13-5-9(15)6-14/h1-3,9,13-15H,5-6H2. The molecule has 0 saturated heterocycles. The third-order valence-corrected chi connectivity index (χ3v) is 1.84. The fourth-order valence-electron chi connectivity index (χ4n) is 1.06. The molecule has 5 heteroatoms. The number of aliphatic hydroxyl groups is 2. The molecule has 0 heterocycles. The van der Waals surface area contributed by atoms with Crippen molar-refractivity contribution >= 4 is 5.69 Å². The van der Waals surface area contributed by atoms with E-state index in [-0.39, 0.29) is 18.7 Å². The Balaban J connectivity index is 2.73. The van der Waals surface area contributed by atoms with Gasteiger partial charge in [0.05, 0.1) is 24.0 Å². The molecule has 80 valence electrons. The largest absolute Gasteiger partial charge is 0.394 e. The van der Waals surface area contributed by atoms with Crippen LogP contribution in [0, 0.1) is 17.1 Å². The third kappa shape index (κ3) is 3.20. The van der Waals surface area contributed by atoms with E-state index in [1.165, 1.54) is 12.1 Å². The van der Waals surface area contributed by atoms with E-state index in [9.17, 15) is 4.39 Å².